The van der Waals surface area contributed by atoms with E-state index in [-0.39, 0.29) is 5.97 Å². The molecular formula is C22H30O3. The molecule has 0 aromatic heterocycles. The van der Waals surface area contributed by atoms with Gasteiger partial charge in [0.05, 0.1) is 6.61 Å². The van der Waals surface area contributed by atoms with Gasteiger partial charge < -0.3 is 4.74 Å². The monoisotopic (exact) mass is 342 g/mol. The van der Waals surface area contributed by atoms with Crippen molar-refractivity contribution >= 4 is 11.8 Å². The lowest BCUT2D eigenvalue weighted by atomic mass is 9.55. The highest BCUT2D eigenvalue weighted by Gasteiger charge is 2.53. The number of ketones is 1. The highest BCUT2D eigenvalue weighted by Crippen LogP contribution is 2.62. The van der Waals surface area contributed by atoms with E-state index in [0.717, 1.165) is 25.7 Å². The third-order valence-corrected chi connectivity index (χ3v) is 7.71. The lowest BCUT2D eigenvalue weighted by Gasteiger charge is -2.50. The molecule has 0 radical (unpaired) electrons. The van der Waals surface area contributed by atoms with E-state index in [1.54, 1.807) is 5.57 Å². The first-order valence-corrected chi connectivity index (χ1v) is 10.1. The third kappa shape index (κ3) is 2.90. The van der Waals surface area contributed by atoms with Crippen LogP contribution in [0.15, 0.2) is 23.3 Å². The molecule has 0 amide bonds. The second kappa shape index (κ2) is 6.41. The first kappa shape index (κ1) is 17.1. The molecule has 4 aliphatic rings. The lowest BCUT2D eigenvalue weighted by Crippen LogP contribution is -2.41. The summed E-state index contributed by atoms with van der Waals surface area (Å²) in [4.78, 5) is 22.8. The van der Waals surface area contributed by atoms with Gasteiger partial charge in [0.25, 0.3) is 0 Å². The molecule has 136 valence electrons. The van der Waals surface area contributed by atoms with Crippen molar-refractivity contribution in [3.8, 4) is 0 Å². The van der Waals surface area contributed by atoms with Crippen LogP contribution in [0.25, 0.3) is 0 Å². The summed E-state index contributed by atoms with van der Waals surface area (Å²) in [6.45, 7) is 4.55. The van der Waals surface area contributed by atoms with Crippen LogP contribution in [0.1, 0.15) is 65.2 Å². The van der Waals surface area contributed by atoms with Gasteiger partial charge in [-0.05, 0) is 80.1 Å². The zero-order chi connectivity index (χ0) is 17.6. The van der Waals surface area contributed by atoms with Gasteiger partial charge >= 0.3 is 5.97 Å². The highest BCUT2D eigenvalue weighted by molar-refractivity contribution is 5.91. The minimum Gasteiger partial charge on any atom is -0.466 e. The van der Waals surface area contributed by atoms with Gasteiger partial charge in [-0.3, -0.25) is 9.59 Å². The summed E-state index contributed by atoms with van der Waals surface area (Å²) in [6, 6.07) is 0. The number of allylic oxidation sites excluding steroid dienone is 4. The first-order chi connectivity index (χ1) is 12.0. The number of fused-ring (bicyclic) bond motifs is 5. The summed E-state index contributed by atoms with van der Waals surface area (Å²) >= 11 is 0. The van der Waals surface area contributed by atoms with Gasteiger partial charge in [0, 0.05) is 13.3 Å². The first-order valence-electron chi connectivity index (χ1n) is 10.1. The molecule has 25 heavy (non-hydrogen) atoms. The van der Waals surface area contributed by atoms with Gasteiger partial charge in [-0.1, -0.05) is 24.1 Å². The zero-order valence-corrected chi connectivity index (χ0v) is 15.6. The molecular weight excluding hydrogens is 312 g/mol. The van der Waals surface area contributed by atoms with Gasteiger partial charge in [-0.2, -0.15) is 0 Å². The maximum Gasteiger partial charge on any atom is 0.302 e. The van der Waals surface area contributed by atoms with Crippen molar-refractivity contribution in [2.45, 2.75) is 65.2 Å². The Labute approximate surface area is 150 Å². The molecule has 2 fully saturated rings. The van der Waals surface area contributed by atoms with E-state index in [2.05, 4.69) is 13.0 Å². The van der Waals surface area contributed by atoms with E-state index in [9.17, 15) is 9.59 Å². The Balaban J connectivity index is 1.52. The van der Waals surface area contributed by atoms with Crippen LogP contribution in [0.5, 0.6) is 0 Å². The fourth-order valence-electron chi connectivity index (χ4n) is 6.45. The normalized spacial score (nSPS) is 39.7. The standard InChI is InChI=1S/C22H30O3/c1-14(23)25-12-10-16-4-8-21-20-6-3-15-13-17(24)5-7-18(15)19(20)9-11-22(16,21)2/h6,13,16,18-19,21H,3-5,7-12H2,1-2H3/t16-,18?,19?,21?,22?/m1/s1. The largest absolute Gasteiger partial charge is 0.466 e. The SMILES string of the molecule is CC(=O)OCC[C@H]1CCC2C3=CCC4=CC(=O)CCC4C3CCC21C. The van der Waals surface area contributed by atoms with Crippen molar-refractivity contribution in [2.75, 3.05) is 6.61 Å². The van der Waals surface area contributed by atoms with Crippen LogP contribution < -0.4 is 0 Å². The van der Waals surface area contributed by atoms with Crippen molar-refractivity contribution in [3.63, 3.8) is 0 Å². The molecule has 0 aromatic rings. The van der Waals surface area contributed by atoms with E-state index in [0.29, 0.717) is 41.5 Å². The van der Waals surface area contributed by atoms with Crippen LogP contribution in [0.3, 0.4) is 0 Å². The lowest BCUT2D eigenvalue weighted by molar-refractivity contribution is -0.141. The second-order valence-electron chi connectivity index (χ2n) is 8.85. The van der Waals surface area contributed by atoms with Crippen LogP contribution in [-0.4, -0.2) is 18.4 Å². The number of ether oxygens (including phenoxy) is 1. The van der Waals surface area contributed by atoms with Crippen LogP contribution in [0, 0.1) is 29.1 Å². The van der Waals surface area contributed by atoms with Crippen molar-refractivity contribution in [2.24, 2.45) is 29.1 Å². The number of hydrogen-bond donors (Lipinski definition) is 0. The number of esters is 1. The Bertz CT molecular complexity index is 644. The summed E-state index contributed by atoms with van der Waals surface area (Å²) in [5.41, 5.74) is 3.48. The van der Waals surface area contributed by atoms with Crippen LogP contribution in [0.2, 0.25) is 0 Å². The van der Waals surface area contributed by atoms with Gasteiger partial charge in [-0.15, -0.1) is 0 Å². The molecule has 4 unspecified atom stereocenters. The molecule has 0 aliphatic heterocycles. The fraction of sp³-hybridized carbons (Fsp3) is 0.727. The van der Waals surface area contributed by atoms with Crippen LogP contribution in [0.4, 0.5) is 0 Å². The third-order valence-electron chi connectivity index (χ3n) is 7.71. The van der Waals surface area contributed by atoms with Crippen molar-refractivity contribution in [3.05, 3.63) is 23.3 Å². The van der Waals surface area contributed by atoms with Gasteiger partial charge in [0.15, 0.2) is 5.78 Å². The summed E-state index contributed by atoms with van der Waals surface area (Å²) in [5.74, 6) is 2.84. The molecule has 2 saturated carbocycles. The number of rotatable bonds is 3. The molecule has 0 aromatic carbocycles. The number of hydrogen-bond acceptors (Lipinski definition) is 3. The van der Waals surface area contributed by atoms with E-state index < -0.39 is 0 Å². The number of carbonyl (C=O) groups excluding carboxylic acids is 2. The Hall–Kier alpha value is -1.38. The number of carbonyl (C=O) groups is 2. The maximum atomic E-state index is 11.8. The highest BCUT2D eigenvalue weighted by atomic mass is 16.5. The molecule has 0 N–H and O–H groups in total. The molecule has 0 spiro atoms. The van der Waals surface area contributed by atoms with E-state index in [1.165, 1.54) is 38.2 Å². The van der Waals surface area contributed by atoms with Crippen LogP contribution >= 0.6 is 0 Å². The van der Waals surface area contributed by atoms with E-state index in [4.69, 9.17) is 4.74 Å². The quantitative estimate of drug-likeness (QED) is 0.555. The Morgan fingerprint density at radius 1 is 1.24 bits per heavy atom. The summed E-state index contributed by atoms with van der Waals surface area (Å²) in [6.07, 6.45) is 13.3. The van der Waals surface area contributed by atoms with Gasteiger partial charge in [0.1, 0.15) is 0 Å². The fourth-order valence-corrected chi connectivity index (χ4v) is 6.45. The van der Waals surface area contributed by atoms with Crippen molar-refractivity contribution in [1.82, 2.24) is 0 Å². The summed E-state index contributed by atoms with van der Waals surface area (Å²) in [5, 5.41) is 0. The average molecular weight is 342 g/mol. The Kier molecular flexibility index (Phi) is 4.37. The van der Waals surface area contributed by atoms with E-state index >= 15 is 0 Å². The Morgan fingerprint density at radius 2 is 2.08 bits per heavy atom. The Morgan fingerprint density at radius 3 is 2.88 bits per heavy atom. The predicted molar refractivity (Wildman–Crippen MR) is 96.8 cm³/mol. The predicted octanol–water partition coefficient (Wildman–Crippen LogP) is 4.62. The van der Waals surface area contributed by atoms with Gasteiger partial charge in [-0.25, -0.2) is 0 Å². The minimum atomic E-state index is -0.162. The molecule has 0 heterocycles. The summed E-state index contributed by atoms with van der Waals surface area (Å²) < 4.78 is 5.22. The van der Waals surface area contributed by atoms with E-state index in [1.807, 2.05) is 6.08 Å². The van der Waals surface area contributed by atoms with Gasteiger partial charge in [0.2, 0.25) is 0 Å². The summed E-state index contributed by atoms with van der Waals surface area (Å²) in [7, 11) is 0. The smallest absolute Gasteiger partial charge is 0.302 e. The average Bonchev–Trinajstić information content (AvgIpc) is 2.91. The second-order valence-corrected chi connectivity index (χ2v) is 8.85. The molecule has 4 aliphatic carbocycles. The minimum absolute atomic E-state index is 0.162. The molecule has 5 atom stereocenters. The topological polar surface area (TPSA) is 43.4 Å². The van der Waals surface area contributed by atoms with Crippen LogP contribution in [-0.2, 0) is 14.3 Å². The molecule has 3 heteroatoms. The molecule has 3 nitrogen and oxygen atoms in total. The van der Waals surface area contributed by atoms with Crippen molar-refractivity contribution in [1.29, 1.82) is 0 Å². The molecule has 0 saturated heterocycles. The zero-order valence-electron chi connectivity index (χ0n) is 15.6. The molecule has 4 rings (SSSR count). The van der Waals surface area contributed by atoms with Crippen molar-refractivity contribution < 1.29 is 14.3 Å². The maximum absolute atomic E-state index is 11.8. The molecule has 0 bridgehead atoms.